The topological polar surface area (TPSA) is 54.4 Å². The maximum Gasteiger partial charge on any atom is 0.336 e. The van der Waals surface area contributed by atoms with Crippen molar-refractivity contribution in [3.05, 3.63) is 34.9 Å². The third-order valence-corrected chi connectivity index (χ3v) is 1.93. The number of carbonyl (C=O) groups excluding carboxylic acids is 1. The van der Waals surface area contributed by atoms with Crippen molar-refractivity contribution in [1.29, 1.82) is 0 Å². The van der Waals surface area contributed by atoms with Gasteiger partial charge >= 0.3 is 5.97 Å². The van der Waals surface area contributed by atoms with E-state index in [4.69, 9.17) is 5.11 Å². The van der Waals surface area contributed by atoms with Crippen molar-refractivity contribution in [2.24, 2.45) is 0 Å². The molecule has 0 saturated heterocycles. The Morgan fingerprint density at radius 3 is 2.69 bits per heavy atom. The Balaban J connectivity index is 3.35. The minimum absolute atomic E-state index is 0.0781. The Kier molecular flexibility index (Phi) is 2.80. The van der Waals surface area contributed by atoms with Gasteiger partial charge in [0.2, 0.25) is 0 Å². The predicted molar refractivity (Wildman–Crippen MR) is 48.2 cm³/mol. The van der Waals surface area contributed by atoms with Crippen LogP contribution in [0, 0.1) is 0 Å². The highest BCUT2D eigenvalue weighted by Gasteiger charge is 2.11. The Morgan fingerprint density at radius 1 is 1.54 bits per heavy atom. The molecule has 0 aliphatic heterocycles. The first-order valence-electron chi connectivity index (χ1n) is 4.01. The second-order valence-electron chi connectivity index (χ2n) is 2.65. The number of aryl methyl sites for hydroxylation is 1. The molecule has 1 aromatic carbocycles. The van der Waals surface area contributed by atoms with E-state index in [1.165, 1.54) is 6.07 Å². The number of rotatable bonds is 3. The van der Waals surface area contributed by atoms with Crippen LogP contribution >= 0.6 is 0 Å². The van der Waals surface area contributed by atoms with Gasteiger partial charge in [-0.15, -0.1) is 0 Å². The molecule has 0 spiro atoms. The number of hydrogen-bond acceptors (Lipinski definition) is 2. The second-order valence-corrected chi connectivity index (χ2v) is 2.65. The third-order valence-electron chi connectivity index (χ3n) is 1.93. The van der Waals surface area contributed by atoms with Gasteiger partial charge in [0, 0.05) is 5.56 Å². The van der Waals surface area contributed by atoms with Crippen LogP contribution in [0.5, 0.6) is 0 Å². The van der Waals surface area contributed by atoms with Gasteiger partial charge in [0.25, 0.3) is 0 Å². The monoisotopic (exact) mass is 178 g/mol. The van der Waals surface area contributed by atoms with Crippen molar-refractivity contribution < 1.29 is 14.7 Å². The molecule has 0 aliphatic rings. The molecule has 0 heterocycles. The molecule has 0 bridgehead atoms. The van der Waals surface area contributed by atoms with E-state index in [1.54, 1.807) is 12.1 Å². The van der Waals surface area contributed by atoms with Crippen LogP contribution in [-0.2, 0) is 6.42 Å². The summed E-state index contributed by atoms with van der Waals surface area (Å²) in [5, 5.41) is 8.76. The van der Waals surface area contributed by atoms with Gasteiger partial charge in [-0.3, -0.25) is 4.79 Å². The average molecular weight is 178 g/mol. The van der Waals surface area contributed by atoms with Crippen molar-refractivity contribution in [2.75, 3.05) is 0 Å². The van der Waals surface area contributed by atoms with Crippen LogP contribution < -0.4 is 0 Å². The Hall–Kier alpha value is -1.64. The van der Waals surface area contributed by atoms with Crippen LogP contribution in [0.2, 0.25) is 0 Å². The summed E-state index contributed by atoms with van der Waals surface area (Å²) in [6, 6.07) is 4.84. The molecule has 0 amide bonds. The zero-order chi connectivity index (χ0) is 9.84. The third kappa shape index (κ3) is 1.75. The van der Waals surface area contributed by atoms with Gasteiger partial charge in [-0.1, -0.05) is 19.1 Å². The number of carbonyl (C=O) groups is 2. The van der Waals surface area contributed by atoms with Gasteiger partial charge in [0.15, 0.2) is 6.29 Å². The predicted octanol–water partition coefficient (Wildman–Crippen LogP) is 1.76. The van der Waals surface area contributed by atoms with Gasteiger partial charge in [-0.05, 0) is 18.1 Å². The van der Waals surface area contributed by atoms with Crippen LogP contribution in [-0.4, -0.2) is 17.4 Å². The fourth-order valence-electron chi connectivity index (χ4n) is 1.25. The molecule has 0 unspecified atom stereocenters. The maximum absolute atomic E-state index is 10.7. The highest BCUT2D eigenvalue weighted by Crippen LogP contribution is 2.13. The zero-order valence-electron chi connectivity index (χ0n) is 7.28. The molecule has 3 nitrogen and oxygen atoms in total. The Labute approximate surface area is 76.0 Å². The van der Waals surface area contributed by atoms with E-state index in [-0.39, 0.29) is 11.1 Å². The van der Waals surface area contributed by atoms with E-state index in [9.17, 15) is 9.59 Å². The first-order valence-corrected chi connectivity index (χ1v) is 4.01. The molecule has 3 heteroatoms. The smallest absolute Gasteiger partial charge is 0.336 e. The molecule has 1 rings (SSSR count). The first kappa shape index (κ1) is 9.45. The average Bonchev–Trinajstić information content (AvgIpc) is 2.16. The minimum Gasteiger partial charge on any atom is -0.478 e. The summed E-state index contributed by atoms with van der Waals surface area (Å²) in [6.45, 7) is 1.88. The highest BCUT2D eigenvalue weighted by atomic mass is 16.4. The lowest BCUT2D eigenvalue weighted by atomic mass is 10.0. The van der Waals surface area contributed by atoms with Crippen molar-refractivity contribution in [2.45, 2.75) is 13.3 Å². The summed E-state index contributed by atoms with van der Waals surface area (Å²) in [7, 11) is 0. The molecule has 0 saturated carbocycles. The lowest BCUT2D eigenvalue weighted by Gasteiger charge is -2.04. The van der Waals surface area contributed by atoms with Gasteiger partial charge in [0.05, 0.1) is 5.56 Å². The normalized spacial score (nSPS) is 9.62. The number of aldehydes is 1. The molecule has 13 heavy (non-hydrogen) atoms. The molecule has 68 valence electrons. The molecule has 1 N–H and O–H groups in total. The van der Waals surface area contributed by atoms with Crippen molar-refractivity contribution >= 4 is 12.3 Å². The number of aromatic carboxylic acids is 1. The minimum atomic E-state index is -1.06. The van der Waals surface area contributed by atoms with Crippen LogP contribution in [0.4, 0.5) is 0 Å². The van der Waals surface area contributed by atoms with E-state index >= 15 is 0 Å². The summed E-state index contributed by atoms with van der Waals surface area (Å²) >= 11 is 0. The molecule has 0 aromatic heterocycles. The maximum atomic E-state index is 10.7. The molecule has 0 atom stereocenters. The van der Waals surface area contributed by atoms with Gasteiger partial charge in [-0.2, -0.15) is 0 Å². The van der Waals surface area contributed by atoms with Crippen LogP contribution in [0.1, 0.15) is 33.2 Å². The Bertz CT molecular complexity index is 342. The van der Waals surface area contributed by atoms with E-state index in [1.807, 2.05) is 6.92 Å². The lowest BCUT2D eigenvalue weighted by molar-refractivity contribution is 0.0694. The van der Waals surface area contributed by atoms with Gasteiger partial charge in [-0.25, -0.2) is 4.79 Å². The van der Waals surface area contributed by atoms with Gasteiger partial charge in [0.1, 0.15) is 0 Å². The number of carboxylic acids is 1. The quantitative estimate of drug-likeness (QED) is 0.717. The number of hydrogen-bond donors (Lipinski definition) is 1. The van der Waals surface area contributed by atoms with E-state index < -0.39 is 5.97 Å². The standard InChI is InChI=1S/C10H10O3/c1-2-7-4-3-5-8(10(12)13)9(7)6-11/h3-6H,2H2,1H3,(H,12,13). The van der Waals surface area contributed by atoms with Gasteiger partial charge < -0.3 is 5.11 Å². The van der Waals surface area contributed by atoms with E-state index in [2.05, 4.69) is 0 Å². The summed E-state index contributed by atoms with van der Waals surface area (Å²) in [5.41, 5.74) is 1.14. The van der Waals surface area contributed by atoms with Crippen molar-refractivity contribution in [1.82, 2.24) is 0 Å². The lowest BCUT2D eigenvalue weighted by Crippen LogP contribution is -2.04. The summed E-state index contributed by atoms with van der Waals surface area (Å²) in [6.07, 6.45) is 1.26. The van der Waals surface area contributed by atoms with Crippen LogP contribution in [0.15, 0.2) is 18.2 Å². The van der Waals surface area contributed by atoms with Crippen LogP contribution in [0.3, 0.4) is 0 Å². The number of carboxylic acid groups (broad SMARTS) is 1. The molecule has 0 fully saturated rings. The largest absolute Gasteiger partial charge is 0.478 e. The molecular formula is C10H10O3. The van der Waals surface area contributed by atoms with E-state index in [0.29, 0.717) is 12.7 Å². The molecular weight excluding hydrogens is 168 g/mol. The van der Waals surface area contributed by atoms with E-state index in [0.717, 1.165) is 5.56 Å². The van der Waals surface area contributed by atoms with Crippen molar-refractivity contribution in [3.63, 3.8) is 0 Å². The fourth-order valence-corrected chi connectivity index (χ4v) is 1.25. The molecule has 1 aromatic rings. The number of benzene rings is 1. The summed E-state index contributed by atoms with van der Waals surface area (Å²) in [5.74, 6) is -1.06. The van der Waals surface area contributed by atoms with Crippen LogP contribution in [0.25, 0.3) is 0 Å². The fraction of sp³-hybridized carbons (Fsp3) is 0.200. The molecule has 0 aliphatic carbocycles. The summed E-state index contributed by atoms with van der Waals surface area (Å²) in [4.78, 5) is 21.3. The SMILES string of the molecule is CCc1cccc(C(=O)O)c1C=O. The Morgan fingerprint density at radius 2 is 2.23 bits per heavy atom. The van der Waals surface area contributed by atoms with Crippen molar-refractivity contribution in [3.8, 4) is 0 Å². The zero-order valence-corrected chi connectivity index (χ0v) is 7.28. The molecule has 0 radical (unpaired) electrons. The highest BCUT2D eigenvalue weighted by molar-refractivity contribution is 5.98. The summed E-state index contributed by atoms with van der Waals surface area (Å²) < 4.78 is 0. The first-order chi connectivity index (χ1) is 6.20. The second kappa shape index (κ2) is 3.85.